The number of non-ortho nitro benzene ring substituents is 1. The van der Waals surface area contributed by atoms with E-state index in [9.17, 15) is 29.6 Å². The summed E-state index contributed by atoms with van der Waals surface area (Å²) in [5.41, 5.74) is 0.946. The number of ether oxygens (including phenoxy) is 1. The summed E-state index contributed by atoms with van der Waals surface area (Å²) in [6.07, 6.45) is 2.93. The molecule has 1 aromatic carbocycles. The van der Waals surface area contributed by atoms with Crippen LogP contribution in [0.4, 0.5) is 5.69 Å². The highest BCUT2D eigenvalue weighted by Crippen LogP contribution is 2.39. The van der Waals surface area contributed by atoms with Gasteiger partial charge < -0.3 is 20.5 Å². The Balaban J connectivity index is 1.81. The Hall–Kier alpha value is -4.54. The average Bonchev–Trinajstić information content (AvgIpc) is 2.81. The molecule has 3 N–H and O–H groups in total. The van der Waals surface area contributed by atoms with Gasteiger partial charge >= 0.3 is 11.9 Å². The summed E-state index contributed by atoms with van der Waals surface area (Å²) in [4.78, 5) is 51.7. The SMILES string of the molecule is CC1=C(C(=O)O)[C@@H](c2cccc([N+](=O)[O-])c2)C(C(=O)OCCNC(=O)c2cccnc2)=C(C)N1. The molecule has 3 rings (SSSR count). The van der Waals surface area contributed by atoms with Crippen LogP contribution in [0.5, 0.6) is 0 Å². The Labute approximate surface area is 194 Å². The number of nitrogens with zero attached hydrogens (tertiary/aromatic N) is 2. The Morgan fingerprint density at radius 2 is 1.91 bits per heavy atom. The van der Waals surface area contributed by atoms with E-state index in [2.05, 4.69) is 15.6 Å². The van der Waals surface area contributed by atoms with Crippen LogP contribution >= 0.6 is 0 Å². The predicted molar refractivity (Wildman–Crippen MR) is 120 cm³/mol. The third kappa shape index (κ3) is 5.26. The Morgan fingerprint density at radius 1 is 1.18 bits per heavy atom. The molecule has 11 nitrogen and oxygen atoms in total. The van der Waals surface area contributed by atoms with Gasteiger partial charge in [-0.25, -0.2) is 9.59 Å². The summed E-state index contributed by atoms with van der Waals surface area (Å²) >= 11 is 0. The van der Waals surface area contributed by atoms with E-state index >= 15 is 0 Å². The van der Waals surface area contributed by atoms with Crippen LogP contribution in [-0.2, 0) is 14.3 Å². The monoisotopic (exact) mass is 466 g/mol. The first kappa shape index (κ1) is 24.1. The summed E-state index contributed by atoms with van der Waals surface area (Å²) < 4.78 is 5.31. The number of esters is 1. The number of nitrogens with one attached hydrogen (secondary N) is 2. The zero-order valence-electron chi connectivity index (χ0n) is 18.4. The lowest BCUT2D eigenvalue weighted by molar-refractivity contribution is -0.384. The number of amides is 1. The number of rotatable bonds is 8. The molecule has 2 heterocycles. The van der Waals surface area contributed by atoms with E-state index in [-0.39, 0.29) is 41.5 Å². The highest BCUT2D eigenvalue weighted by molar-refractivity contribution is 5.99. The minimum absolute atomic E-state index is 0.0152. The molecule has 0 radical (unpaired) electrons. The number of aromatic nitrogens is 1. The number of carbonyl (C=O) groups is 3. The molecule has 176 valence electrons. The predicted octanol–water partition coefficient (Wildman–Crippen LogP) is 2.28. The zero-order valence-corrected chi connectivity index (χ0v) is 18.4. The van der Waals surface area contributed by atoms with Crippen molar-refractivity contribution in [3.8, 4) is 0 Å². The van der Waals surface area contributed by atoms with E-state index in [4.69, 9.17) is 4.74 Å². The summed E-state index contributed by atoms with van der Waals surface area (Å²) in [5.74, 6) is -3.55. The van der Waals surface area contributed by atoms with Crippen LogP contribution in [0.3, 0.4) is 0 Å². The lowest BCUT2D eigenvalue weighted by atomic mass is 9.80. The maximum absolute atomic E-state index is 13.0. The molecule has 0 saturated carbocycles. The van der Waals surface area contributed by atoms with Gasteiger partial charge in [-0.2, -0.15) is 0 Å². The summed E-state index contributed by atoms with van der Waals surface area (Å²) in [6, 6.07) is 8.66. The van der Waals surface area contributed by atoms with Gasteiger partial charge in [-0.3, -0.25) is 19.9 Å². The number of dihydropyridines is 1. The van der Waals surface area contributed by atoms with Crippen LogP contribution in [-0.4, -0.2) is 46.0 Å². The molecule has 1 atom stereocenters. The fraction of sp³-hybridized carbons (Fsp3) is 0.217. The minimum atomic E-state index is -1.27. The van der Waals surface area contributed by atoms with E-state index in [1.807, 2.05) is 0 Å². The first-order valence-corrected chi connectivity index (χ1v) is 10.2. The van der Waals surface area contributed by atoms with Crippen molar-refractivity contribution in [1.82, 2.24) is 15.6 Å². The zero-order chi connectivity index (χ0) is 24.8. The lowest BCUT2D eigenvalue weighted by Crippen LogP contribution is -2.33. The molecule has 0 bridgehead atoms. The summed E-state index contributed by atoms with van der Waals surface area (Å²) in [5, 5.41) is 26.6. The number of carbonyl (C=O) groups excluding carboxylic acids is 2. The van der Waals surface area contributed by atoms with Crippen LogP contribution < -0.4 is 10.6 Å². The third-order valence-electron chi connectivity index (χ3n) is 5.17. The molecule has 11 heteroatoms. The van der Waals surface area contributed by atoms with Crippen molar-refractivity contribution < 1.29 is 29.2 Å². The fourth-order valence-corrected chi connectivity index (χ4v) is 3.68. The quantitative estimate of drug-likeness (QED) is 0.229. The van der Waals surface area contributed by atoms with Crippen LogP contribution in [0.25, 0.3) is 0 Å². The van der Waals surface area contributed by atoms with Gasteiger partial charge in [0.25, 0.3) is 11.6 Å². The maximum Gasteiger partial charge on any atom is 0.336 e. The van der Waals surface area contributed by atoms with E-state index in [1.165, 1.54) is 36.7 Å². The normalized spacial score (nSPS) is 15.4. The number of allylic oxidation sites excluding steroid dienone is 2. The molecular formula is C23H22N4O7. The van der Waals surface area contributed by atoms with Crippen molar-refractivity contribution in [1.29, 1.82) is 0 Å². The fourth-order valence-electron chi connectivity index (χ4n) is 3.68. The van der Waals surface area contributed by atoms with E-state index in [1.54, 1.807) is 26.0 Å². The Morgan fingerprint density at radius 3 is 2.56 bits per heavy atom. The van der Waals surface area contributed by atoms with Gasteiger partial charge in [-0.05, 0) is 31.5 Å². The molecule has 2 aromatic rings. The van der Waals surface area contributed by atoms with Gasteiger partial charge in [-0.15, -0.1) is 0 Å². The van der Waals surface area contributed by atoms with E-state index in [0.717, 1.165) is 0 Å². The van der Waals surface area contributed by atoms with Crippen molar-refractivity contribution >= 4 is 23.5 Å². The minimum Gasteiger partial charge on any atom is -0.478 e. The molecule has 0 fully saturated rings. The number of pyridine rings is 1. The first-order chi connectivity index (χ1) is 16.2. The molecule has 1 aromatic heterocycles. The number of hydrogen-bond acceptors (Lipinski definition) is 8. The number of carboxylic acids is 1. The largest absolute Gasteiger partial charge is 0.478 e. The maximum atomic E-state index is 13.0. The van der Waals surface area contributed by atoms with E-state index in [0.29, 0.717) is 17.0 Å². The van der Waals surface area contributed by atoms with Crippen LogP contribution in [0, 0.1) is 10.1 Å². The third-order valence-corrected chi connectivity index (χ3v) is 5.17. The van der Waals surface area contributed by atoms with Crippen molar-refractivity contribution in [3.05, 3.63) is 92.6 Å². The van der Waals surface area contributed by atoms with Crippen LogP contribution in [0.1, 0.15) is 35.7 Å². The van der Waals surface area contributed by atoms with Crippen LogP contribution in [0.2, 0.25) is 0 Å². The average molecular weight is 466 g/mol. The molecule has 0 saturated heterocycles. The lowest BCUT2D eigenvalue weighted by Gasteiger charge is -2.29. The van der Waals surface area contributed by atoms with Gasteiger partial charge in [0.05, 0.1) is 34.1 Å². The van der Waals surface area contributed by atoms with Gasteiger partial charge in [-0.1, -0.05) is 12.1 Å². The number of benzene rings is 1. The second kappa shape index (κ2) is 10.4. The second-order valence-electron chi connectivity index (χ2n) is 7.43. The molecule has 1 amide bonds. The Kier molecular flexibility index (Phi) is 7.36. The molecule has 1 aliphatic heterocycles. The number of aliphatic carboxylic acids is 1. The molecule has 34 heavy (non-hydrogen) atoms. The topological polar surface area (TPSA) is 161 Å². The van der Waals surface area contributed by atoms with Gasteiger partial charge in [0, 0.05) is 35.9 Å². The molecule has 1 aliphatic rings. The van der Waals surface area contributed by atoms with Gasteiger partial charge in [0.1, 0.15) is 6.61 Å². The highest BCUT2D eigenvalue weighted by atomic mass is 16.6. The highest BCUT2D eigenvalue weighted by Gasteiger charge is 2.37. The first-order valence-electron chi connectivity index (χ1n) is 10.2. The molecule has 0 unspecified atom stereocenters. The molecule has 0 aliphatic carbocycles. The summed E-state index contributed by atoms with van der Waals surface area (Å²) in [7, 11) is 0. The number of nitro benzene ring substituents is 1. The smallest absolute Gasteiger partial charge is 0.336 e. The second-order valence-corrected chi connectivity index (χ2v) is 7.43. The number of hydrogen-bond donors (Lipinski definition) is 3. The molecular weight excluding hydrogens is 444 g/mol. The number of carboxylic acid groups (broad SMARTS) is 1. The standard InChI is InChI=1S/C23H22N4O7/c1-13-18(22(29)30)20(15-5-3-7-17(11-15)27(32)33)19(14(2)26-13)23(31)34-10-9-25-21(28)16-6-4-8-24-12-16/h3-8,11-12,20,26H,9-10H2,1-2H3,(H,25,28)(H,29,30)/t20-/m1/s1. The Bertz CT molecular complexity index is 1200. The summed E-state index contributed by atoms with van der Waals surface area (Å²) in [6.45, 7) is 2.98. The number of nitro groups is 1. The van der Waals surface area contributed by atoms with Crippen molar-refractivity contribution in [2.45, 2.75) is 19.8 Å². The van der Waals surface area contributed by atoms with Crippen LogP contribution in [0.15, 0.2) is 71.3 Å². The van der Waals surface area contributed by atoms with Crippen molar-refractivity contribution in [3.63, 3.8) is 0 Å². The van der Waals surface area contributed by atoms with Crippen molar-refractivity contribution in [2.75, 3.05) is 13.2 Å². The van der Waals surface area contributed by atoms with Gasteiger partial charge in [0.15, 0.2) is 0 Å². The van der Waals surface area contributed by atoms with Crippen molar-refractivity contribution in [2.24, 2.45) is 0 Å². The van der Waals surface area contributed by atoms with E-state index < -0.39 is 22.8 Å². The van der Waals surface area contributed by atoms with Gasteiger partial charge in [0.2, 0.25) is 0 Å². The molecule has 0 spiro atoms.